The van der Waals surface area contributed by atoms with Gasteiger partial charge in [0.05, 0.1) is 5.75 Å². The van der Waals surface area contributed by atoms with E-state index in [9.17, 15) is 18.0 Å². The van der Waals surface area contributed by atoms with Gasteiger partial charge in [0.15, 0.2) is 9.84 Å². The highest BCUT2D eigenvalue weighted by Crippen LogP contribution is 2.15. The van der Waals surface area contributed by atoms with Crippen LogP contribution in [0.5, 0.6) is 0 Å². The molecule has 3 rings (SSSR count). The smallest absolute Gasteiger partial charge is 0.253 e. The van der Waals surface area contributed by atoms with Crippen LogP contribution in [0.3, 0.4) is 0 Å². The van der Waals surface area contributed by atoms with Crippen molar-refractivity contribution >= 4 is 37.6 Å². The van der Waals surface area contributed by atoms with E-state index in [1.54, 1.807) is 41.3 Å². The molecule has 1 saturated heterocycles. The Morgan fingerprint density at radius 1 is 1.00 bits per heavy atom. The zero-order valence-electron chi connectivity index (χ0n) is 15.9. The zero-order valence-corrected chi connectivity index (χ0v) is 18.3. The fourth-order valence-corrected chi connectivity index (χ4v) is 4.89. The van der Waals surface area contributed by atoms with Crippen molar-refractivity contribution in [2.45, 2.75) is 24.6 Å². The number of rotatable bonds is 6. The molecule has 154 valence electrons. The highest BCUT2D eigenvalue weighted by Gasteiger charge is 2.26. The van der Waals surface area contributed by atoms with Gasteiger partial charge in [-0.05, 0) is 42.7 Å². The van der Waals surface area contributed by atoms with E-state index in [0.717, 1.165) is 4.47 Å². The molecule has 1 aliphatic heterocycles. The lowest BCUT2D eigenvalue weighted by molar-refractivity contribution is -0.119. The maximum atomic E-state index is 12.5. The van der Waals surface area contributed by atoms with Gasteiger partial charge in [-0.3, -0.25) is 9.59 Å². The van der Waals surface area contributed by atoms with Crippen molar-refractivity contribution in [3.05, 3.63) is 70.2 Å². The Bertz CT molecular complexity index is 954. The van der Waals surface area contributed by atoms with Crippen LogP contribution in [0.1, 0.15) is 28.8 Å². The molecule has 29 heavy (non-hydrogen) atoms. The van der Waals surface area contributed by atoms with Crippen LogP contribution in [0.15, 0.2) is 59.1 Å². The zero-order chi connectivity index (χ0) is 20.9. The van der Waals surface area contributed by atoms with E-state index in [1.165, 1.54) is 0 Å². The molecule has 1 fully saturated rings. The second kappa shape index (κ2) is 9.54. The molecule has 8 heteroatoms. The summed E-state index contributed by atoms with van der Waals surface area (Å²) in [6.45, 7) is 1.06. The summed E-state index contributed by atoms with van der Waals surface area (Å²) in [6, 6.07) is 16.0. The molecular weight excluding hydrogens is 456 g/mol. The number of amides is 2. The standard InChI is InChI=1S/C21H23BrN2O4S/c22-18-8-6-16(7-9-18)14-29(27,28)15-20(25)23-19-10-12-24(13-11-19)21(26)17-4-2-1-3-5-17/h1-9,19H,10-15H2,(H,23,25). The lowest BCUT2D eigenvalue weighted by atomic mass is 10.0. The fourth-order valence-electron chi connectivity index (χ4n) is 3.34. The van der Waals surface area contributed by atoms with Crippen LogP contribution in [0.4, 0.5) is 0 Å². The van der Waals surface area contributed by atoms with Gasteiger partial charge in [0.2, 0.25) is 5.91 Å². The predicted molar refractivity (Wildman–Crippen MR) is 115 cm³/mol. The molecule has 2 aromatic rings. The first-order chi connectivity index (χ1) is 13.8. The van der Waals surface area contributed by atoms with Gasteiger partial charge in [-0.2, -0.15) is 0 Å². The summed E-state index contributed by atoms with van der Waals surface area (Å²) in [6.07, 6.45) is 1.22. The third-order valence-corrected chi connectivity index (χ3v) is 6.82. The third kappa shape index (κ3) is 6.40. The van der Waals surface area contributed by atoms with Gasteiger partial charge in [0.25, 0.3) is 5.91 Å². The molecule has 1 N–H and O–H groups in total. The highest BCUT2D eigenvalue weighted by molar-refractivity contribution is 9.10. The van der Waals surface area contributed by atoms with Crippen LogP contribution in [0.2, 0.25) is 0 Å². The van der Waals surface area contributed by atoms with E-state index in [-0.39, 0.29) is 17.7 Å². The monoisotopic (exact) mass is 478 g/mol. The minimum atomic E-state index is -3.55. The largest absolute Gasteiger partial charge is 0.352 e. The molecule has 0 spiro atoms. The molecule has 1 heterocycles. The lowest BCUT2D eigenvalue weighted by Crippen LogP contribution is -2.47. The number of nitrogens with one attached hydrogen (secondary N) is 1. The van der Waals surface area contributed by atoms with E-state index >= 15 is 0 Å². The van der Waals surface area contributed by atoms with Crippen molar-refractivity contribution in [3.63, 3.8) is 0 Å². The van der Waals surface area contributed by atoms with Crippen LogP contribution in [-0.2, 0) is 20.4 Å². The number of sulfone groups is 1. The van der Waals surface area contributed by atoms with E-state index in [1.807, 2.05) is 18.2 Å². The van der Waals surface area contributed by atoms with Crippen LogP contribution < -0.4 is 5.32 Å². The molecule has 0 unspecified atom stereocenters. The van der Waals surface area contributed by atoms with Gasteiger partial charge in [0.1, 0.15) is 5.75 Å². The Balaban J connectivity index is 1.47. The van der Waals surface area contributed by atoms with E-state index in [0.29, 0.717) is 37.1 Å². The van der Waals surface area contributed by atoms with Crippen LogP contribution >= 0.6 is 15.9 Å². The number of carbonyl (C=O) groups excluding carboxylic acids is 2. The Kier molecular flexibility index (Phi) is 7.08. The number of hydrogen-bond acceptors (Lipinski definition) is 4. The summed E-state index contributed by atoms with van der Waals surface area (Å²) in [7, 11) is -3.55. The molecule has 2 amide bonds. The van der Waals surface area contributed by atoms with Gasteiger partial charge in [0, 0.05) is 29.2 Å². The Morgan fingerprint density at radius 3 is 2.24 bits per heavy atom. The SMILES string of the molecule is O=C(CS(=O)(=O)Cc1ccc(Br)cc1)NC1CCN(C(=O)c2ccccc2)CC1. The van der Waals surface area contributed by atoms with E-state index in [2.05, 4.69) is 21.2 Å². The summed E-state index contributed by atoms with van der Waals surface area (Å²) >= 11 is 3.31. The first-order valence-electron chi connectivity index (χ1n) is 9.41. The Hall–Kier alpha value is -2.19. The van der Waals surface area contributed by atoms with Gasteiger partial charge in [-0.15, -0.1) is 0 Å². The molecule has 0 aromatic heterocycles. The van der Waals surface area contributed by atoms with Crippen molar-refractivity contribution in [2.24, 2.45) is 0 Å². The van der Waals surface area contributed by atoms with Crippen molar-refractivity contribution in [2.75, 3.05) is 18.8 Å². The molecular formula is C21H23BrN2O4S. The summed E-state index contributed by atoms with van der Waals surface area (Å²) in [5, 5.41) is 2.81. The number of likely N-dealkylation sites (tertiary alicyclic amines) is 1. The van der Waals surface area contributed by atoms with Crippen molar-refractivity contribution < 1.29 is 18.0 Å². The van der Waals surface area contributed by atoms with Crippen molar-refractivity contribution in [1.82, 2.24) is 10.2 Å². The van der Waals surface area contributed by atoms with Gasteiger partial charge in [-0.25, -0.2) is 8.42 Å². The molecule has 0 radical (unpaired) electrons. The molecule has 2 aromatic carbocycles. The summed E-state index contributed by atoms with van der Waals surface area (Å²) in [5.74, 6) is -1.22. The Morgan fingerprint density at radius 2 is 1.62 bits per heavy atom. The number of hydrogen-bond donors (Lipinski definition) is 1. The Labute approximate surface area is 179 Å². The second-order valence-electron chi connectivity index (χ2n) is 7.16. The van der Waals surface area contributed by atoms with Gasteiger partial charge < -0.3 is 10.2 Å². The van der Waals surface area contributed by atoms with Crippen LogP contribution in [-0.4, -0.2) is 50.0 Å². The molecule has 0 bridgehead atoms. The number of piperidine rings is 1. The molecule has 0 aliphatic carbocycles. The predicted octanol–water partition coefficient (Wildman–Crippen LogP) is 2.78. The first kappa shape index (κ1) is 21.5. The number of halogens is 1. The van der Waals surface area contributed by atoms with Crippen LogP contribution in [0, 0.1) is 0 Å². The van der Waals surface area contributed by atoms with Crippen molar-refractivity contribution in [3.8, 4) is 0 Å². The minimum Gasteiger partial charge on any atom is -0.352 e. The maximum Gasteiger partial charge on any atom is 0.253 e. The third-order valence-electron chi connectivity index (χ3n) is 4.82. The summed E-state index contributed by atoms with van der Waals surface area (Å²) in [4.78, 5) is 26.5. The summed E-state index contributed by atoms with van der Waals surface area (Å²) < 4.78 is 25.5. The fraction of sp³-hybridized carbons (Fsp3) is 0.333. The average Bonchev–Trinajstić information content (AvgIpc) is 2.70. The van der Waals surface area contributed by atoms with Gasteiger partial charge in [-0.1, -0.05) is 46.3 Å². The highest BCUT2D eigenvalue weighted by atomic mass is 79.9. The van der Waals surface area contributed by atoms with Crippen molar-refractivity contribution in [1.29, 1.82) is 0 Å². The molecule has 1 aliphatic rings. The minimum absolute atomic E-state index is 0.0209. The number of nitrogens with zero attached hydrogens (tertiary/aromatic N) is 1. The number of carbonyl (C=O) groups is 2. The molecule has 6 nitrogen and oxygen atoms in total. The van der Waals surface area contributed by atoms with E-state index < -0.39 is 21.5 Å². The topological polar surface area (TPSA) is 83.6 Å². The quantitative estimate of drug-likeness (QED) is 0.691. The van der Waals surface area contributed by atoms with Gasteiger partial charge >= 0.3 is 0 Å². The molecule has 0 atom stereocenters. The average molecular weight is 479 g/mol. The lowest BCUT2D eigenvalue weighted by Gasteiger charge is -2.32. The van der Waals surface area contributed by atoms with E-state index in [4.69, 9.17) is 0 Å². The number of benzene rings is 2. The summed E-state index contributed by atoms with van der Waals surface area (Å²) in [5.41, 5.74) is 1.29. The maximum absolute atomic E-state index is 12.5. The molecule has 0 saturated carbocycles. The normalized spacial score (nSPS) is 15.1. The second-order valence-corrected chi connectivity index (χ2v) is 10.1. The van der Waals surface area contributed by atoms with Crippen LogP contribution in [0.25, 0.3) is 0 Å². The first-order valence-corrected chi connectivity index (χ1v) is 12.0.